The van der Waals surface area contributed by atoms with Gasteiger partial charge in [0.05, 0.1) is 5.69 Å². The van der Waals surface area contributed by atoms with Crippen molar-refractivity contribution in [3.05, 3.63) is 46.0 Å². The van der Waals surface area contributed by atoms with Crippen LogP contribution in [0.2, 0.25) is 0 Å². The number of benzene rings is 1. The summed E-state index contributed by atoms with van der Waals surface area (Å²) in [6.45, 7) is 4.40. The molecule has 1 aliphatic rings. The molecule has 4 heteroatoms. The van der Waals surface area contributed by atoms with Gasteiger partial charge in [-0.05, 0) is 47.4 Å². The zero-order valence-electron chi connectivity index (χ0n) is 13.9. The molecule has 2 N–H and O–H groups in total. The second-order valence-corrected chi connectivity index (χ2v) is 7.68. The Morgan fingerprint density at radius 3 is 2.62 bits per heavy atom. The molecular weight excluding hydrogens is 314 g/mol. The third-order valence-electron chi connectivity index (χ3n) is 4.87. The fraction of sp³-hybridized carbons (Fsp3) is 0.300. The Hall–Kier alpha value is -2.38. The van der Waals surface area contributed by atoms with Crippen LogP contribution in [0, 0.1) is 11.3 Å². The molecule has 2 aromatic heterocycles. The van der Waals surface area contributed by atoms with Gasteiger partial charge in [0.2, 0.25) is 0 Å². The van der Waals surface area contributed by atoms with Gasteiger partial charge in [-0.15, -0.1) is 11.3 Å². The van der Waals surface area contributed by atoms with Gasteiger partial charge in [-0.2, -0.15) is 5.26 Å². The molecule has 0 saturated carbocycles. The summed E-state index contributed by atoms with van der Waals surface area (Å²) < 4.78 is 0. The van der Waals surface area contributed by atoms with Gasteiger partial charge in [-0.1, -0.05) is 38.1 Å². The van der Waals surface area contributed by atoms with Crippen molar-refractivity contribution in [1.29, 1.82) is 5.26 Å². The number of nitriles is 1. The maximum absolute atomic E-state index is 9.34. The van der Waals surface area contributed by atoms with Gasteiger partial charge in [0.15, 0.2) is 0 Å². The molecule has 0 amide bonds. The monoisotopic (exact) mass is 333 g/mol. The molecule has 0 atom stereocenters. The number of fused-ring (bicyclic) bond motifs is 2. The fourth-order valence-corrected chi connectivity index (χ4v) is 4.50. The molecule has 0 unspecified atom stereocenters. The van der Waals surface area contributed by atoms with E-state index in [9.17, 15) is 5.26 Å². The lowest BCUT2D eigenvalue weighted by atomic mass is 9.93. The second-order valence-electron chi connectivity index (χ2n) is 6.68. The van der Waals surface area contributed by atoms with E-state index >= 15 is 0 Å². The van der Waals surface area contributed by atoms with Crippen LogP contribution in [0.1, 0.15) is 47.9 Å². The number of anilines is 1. The first kappa shape index (κ1) is 15.2. The molecule has 0 spiro atoms. The van der Waals surface area contributed by atoms with Gasteiger partial charge in [-0.25, -0.2) is 4.98 Å². The van der Waals surface area contributed by atoms with Crippen LogP contribution in [0.3, 0.4) is 0 Å². The lowest BCUT2D eigenvalue weighted by Gasteiger charge is -2.13. The highest BCUT2D eigenvalue weighted by Gasteiger charge is 2.24. The van der Waals surface area contributed by atoms with Crippen LogP contribution in [0.15, 0.2) is 24.3 Å². The first-order valence-electron chi connectivity index (χ1n) is 8.34. The van der Waals surface area contributed by atoms with E-state index in [1.807, 2.05) is 0 Å². The standard InChI is InChI=1S/C20H19N3S/c1-11(2)12-6-8-13(9-7-12)17-14-4-3-5-15(14)23-20-18(17)19(22)16(10-21)24-20/h6-9,11H,3-5,22H2,1-2H3. The summed E-state index contributed by atoms with van der Waals surface area (Å²) in [5.41, 5.74) is 13.1. The van der Waals surface area contributed by atoms with Crippen molar-refractivity contribution in [1.82, 2.24) is 4.98 Å². The number of rotatable bonds is 2. The molecule has 0 radical (unpaired) electrons. The minimum Gasteiger partial charge on any atom is -0.396 e. The van der Waals surface area contributed by atoms with Gasteiger partial charge in [0, 0.05) is 11.1 Å². The zero-order valence-corrected chi connectivity index (χ0v) is 14.7. The molecule has 1 aliphatic carbocycles. The van der Waals surface area contributed by atoms with Crippen molar-refractivity contribution in [2.24, 2.45) is 0 Å². The lowest BCUT2D eigenvalue weighted by molar-refractivity contribution is 0.867. The second kappa shape index (κ2) is 5.61. The highest BCUT2D eigenvalue weighted by molar-refractivity contribution is 7.20. The summed E-state index contributed by atoms with van der Waals surface area (Å²) in [6.07, 6.45) is 3.19. The van der Waals surface area contributed by atoms with Crippen LogP contribution < -0.4 is 5.73 Å². The maximum Gasteiger partial charge on any atom is 0.130 e. The normalized spacial score (nSPS) is 13.4. The Morgan fingerprint density at radius 1 is 1.21 bits per heavy atom. The van der Waals surface area contributed by atoms with Gasteiger partial charge in [0.1, 0.15) is 15.8 Å². The van der Waals surface area contributed by atoms with Crippen LogP contribution in [0.4, 0.5) is 5.69 Å². The van der Waals surface area contributed by atoms with E-state index in [0.29, 0.717) is 16.5 Å². The number of hydrogen-bond acceptors (Lipinski definition) is 4. The van der Waals surface area contributed by atoms with Crippen molar-refractivity contribution in [3.63, 3.8) is 0 Å². The maximum atomic E-state index is 9.34. The first-order chi connectivity index (χ1) is 11.6. The summed E-state index contributed by atoms with van der Waals surface area (Å²) >= 11 is 1.41. The van der Waals surface area contributed by atoms with Gasteiger partial charge in [0.25, 0.3) is 0 Å². The van der Waals surface area contributed by atoms with Gasteiger partial charge >= 0.3 is 0 Å². The van der Waals surface area contributed by atoms with Gasteiger partial charge < -0.3 is 5.73 Å². The van der Waals surface area contributed by atoms with E-state index in [1.165, 1.54) is 39.3 Å². The molecule has 0 fully saturated rings. The third-order valence-corrected chi connectivity index (χ3v) is 5.88. The van der Waals surface area contributed by atoms with E-state index < -0.39 is 0 Å². The van der Waals surface area contributed by atoms with Crippen molar-refractivity contribution >= 4 is 27.2 Å². The number of aryl methyl sites for hydroxylation is 1. The van der Waals surface area contributed by atoms with Gasteiger partial charge in [-0.3, -0.25) is 0 Å². The van der Waals surface area contributed by atoms with Crippen molar-refractivity contribution < 1.29 is 0 Å². The molecule has 0 saturated heterocycles. The number of pyridine rings is 1. The van der Waals surface area contributed by atoms with Crippen molar-refractivity contribution in [2.75, 3.05) is 5.73 Å². The average molecular weight is 333 g/mol. The minimum atomic E-state index is 0.513. The Balaban J connectivity index is 2.03. The van der Waals surface area contributed by atoms with E-state index in [0.717, 1.165) is 29.5 Å². The number of nitrogen functional groups attached to an aromatic ring is 1. The molecule has 0 bridgehead atoms. The molecule has 3 aromatic rings. The molecule has 120 valence electrons. The number of nitrogens with two attached hydrogens (primary N) is 1. The Morgan fingerprint density at radius 2 is 1.96 bits per heavy atom. The third kappa shape index (κ3) is 2.20. The molecule has 0 aliphatic heterocycles. The molecule has 2 heterocycles. The van der Waals surface area contributed by atoms with Crippen LogP contribution in [0.5, 0.6) is 0 Å². The van der Waals surface area contributed by atoms with Crippen LogP contribution >= 0.6 is 11.3 Å². The number of aromatic nitrogens is 1. The molecule has 4 rings (SSSR count). The van der Waals surface area contributed by atoms with E-state index in [2.05, 4.69) is 44.2 Å². The van der Waals surface area contributed by atoms with Crippen molar-refractivity contribution in [3.8, 4) is 17.2 Å². The van der Waals surface area contributed by atoms with E-state index in [4.69, 9.17) is 10.7 Å². The number of thiophene rings is 1. The number of nitrogens with zero attached hydrogens (tertiary/aromatic N) is 2. The summed E-state index contributed by atoms with van der Waals surface area (Å²) in [4.78, 5) is 6.27. The largest absolute Gasteiger partial charge is 0.396 e. The Kier molecular flexibility index (Phi) is 3.54. The highest BCUT2D eigenvalue weighted by Crippen LogP contribution is 2.44. The van der Waals surface area contributed by atoms with E-state index in [1.54, 1.807) is 0 Å². The topological polar surface area (TPSA) is 62.7 Å². The lowest BCUT2D eigenvalue weighted by Crippen LogP contribution is -1.96. The highest BCUT2D eigenvalue weighted by atomic mass is 32.1. The minimum absolute atomic E-state index is 0.513. The fourth-order valence-electron chi connectivity index (χ4n) is 3.58. The SMILES string of the molecule is CC(C)c1ccc(-c2c3c(nc4sc(C#N)c(N)c24)CCC3)cc1. The summed E-state index contributed by atoms with van der Waals surface area (Å²) in [6, 6.07) is 11.0. The van der Waals surface area contributed by atoms with Crippen LogP contribution in [-0.2, 0) is 12.8 Å². The molecule has 1 aromatic carbocycles. The molecule has 24 heavy (non-hydrogen) atoms. The Bertz CT molecular complexity index is 975. The summed E-state index contributed by atoms with van der Waals surface area (Å²) in [5.74, 6) is 0.513. The molecule has 3 nitrogen and oxygen atoms in total. The average Bonchev–Trinajstić information content (AvgIpc) is 3.17. The van der Waals surface area contributed by atoms with Crippen molar-refractivity contribution in [2.45, 2.75) is 39.0 Å². The van der Waals surface area contributed by atoms with E-state index in [-0.39, 0.29) is 0 Å². The number of hydrogen-bond donors (Lipinski definition) is 1. The Labute approximate surface area is 145 Å². The smallest absolute Gasteiger partial charge is 0.130 e. The zero-order chi connectivity index (χ0) is 16.8. The predicted octanol–water partition coefficient (Wildman–Crippen LogP) is 5.03. The first-order valence-corrected chi connectivity index (χ1v) is 9.16. The quantitative estimate of drug-likeness (QED) is 0.715. The van der Waals surface area contributed by atoms with Crippen LogP contribution in [-0.4, -0.2) is 4.98 Å². The summed E-state index contributed by atoms with van der Waals surface area (Å²) in [7, 11) is 0. The molecular formula is C20H19N3S. The summed E-state index contributed by atoms with van der Waals surface area (Å²) in [5, 5.41) is 10.3. The predicted molar refractivity (Wildman–Crippen MR) is 100 cm³/mol. The van der Waals surface area contributed by atoms with Crippen LogP contribution in [0.25, 0.3) is 21.3 Å².